The molecular formula is C93H107Cl2F6N29O13. The van der Waals surface area contributed by atoms with Gasteiger partial charge in [0, 0.05) is 92.6 Å². The summed E-state index contributed by atoms with van der Waals surface area (Å²) in [6.07, 6.45) is 8.68. The Bertz CT molecular complexity index is 7110. The monoisotopic (exact) mass is 2020 g/mol. The number of carboxylic acid groups (broad SMARTS) is 2. The quantitative estimate of drug-likeness (QED) is 0.0422. The average Bonchev–Trinajstić information content (AvgIpc) is 1.61. The van der Waals surface area contributed by atoms with Gasteiger partial charge < -0.3 is 59.7 Å². The second kappa shape index (κ2) is 50.7. The minimum Gasteiger partial charge on any atom is -0.475 e. The number of hydrogen-bond donors (Lipinski definition) is 4. The summed E-state index contributed by atoms with van der Waals surface area (Å²) in [6, 6.07) is 8.53. The Hall–Kier alpha value is -16.1. The van der Waals surface area contributed by atoms with Crippen LogP contribution in [0.25, 0.3) is 60.3 Å². The molecule has 0 bridgehead atoms. The number of primary amides is 1. The Morgan fingerprint density at radius 1 is 0.517 bits per heavy atom. The van der Waals surface area contributed by atoms with E-state index in [1.807, 2.05) is 45.1 Å². The Morgan fingerprint density at radius 3 is 1.29 bits per heavy atom. The summed E-state index contributed by atoms with van der Waals surface area (Å²) in [5.74, 6) is 30.8. The Kier molecular flexibility index (Phi) is 39.8. The number of nitrogens with one attached hydrogen (secondary N) is 1. The molecule has 5 N–H and O–H groups in total. The van der Waals surface area contributed by atoms with Crippen LogP contribution in [-0.2, 0) is 74.2 Å². The molecule has 5 aliphatic heterocycles. The molecule has 0 aliphatic carbocycles. The first-order valence-electron chi connectivity index (χ1n) is 44.5. The lowest BCUT2D eigenvalue weighted by Gasteiger charge is -2.36. The highest BCUT2D eigenvalue weighted by atomic mass is 35.5. The molecule has 11 aromatic rings. The normalized spacial score (nSPS) is 14.7. The van der Waals surface area contributed by atoms with Gasteiger partial charge in [-0.3, -0.25) is 55.9 Å². The minimum atomic E-state index is -5.08. The van der Waals surface area contributed by atoms with Crippen molar-refractivity contribution in [1.82, 2.24) is 102 Å². The molecule has 0 saturated carbocycles. The lowest BCUT2D eigenvalue weighted by atomic mass is 10.1. The van der Waals surface area contributed by atoms with Gasteiger partial charge in [-0.05, 0) is 131 Å². The Labute approximate surface area is 827 Å². The number of aliphatic carboxylic acids is 2. The number of piperazine rings is 1. The summed E-state index contributed by atoms with van der Waals surface area (Å²) in [7, 11) is 3.13. The molecule has 0 spiro atoms. The van der Waals surface area contributed by atoms with Crippen LogP contribution in [0.4, 0.5) is 66.8 Å². The van der Waals surface area contributed by atoms with Crippen LogP contribution in [0.2, 0.25) is 0 Å². The van der Waals surface area contributed by atoms with Crippen LogP contribution in [0.3, 0.4) is 0 Å². The number of H-pyrrole nitrogens is 1. The fourth-order valence-electron chi connectivity index (χ4n) is 15.4. The molecule has 143 heavy (non-hydrogen) atoms. The van der Waals surface area contributed by atoms with Gasteiger partial charge in [-0.1, -0.05) is 61.5 Å². The van der Waals surface area contributed by atoms with Crippen molar-refractivity contribution in [2.45, 2.75) is 184 Å². The van der Waals surface area contributed by atoms with E-state index in [1.165, 1.54) is 37.5 Å². The van der Waals surface area contributed by atoms with Crippen LogP contribution in [-0.4, -0.2) is 232 Å². The van der Waals surface area contributed by atoms with Gasteiger partial charge in [-0.15, -0.1) is 72.4 Å². The summed E-state index contributed by atoms with van der Waals surface area (Å²) in [5.41, 5.74) is 8.28. The molecule has 5 aliphatic rings. The first-order valence-corrected chi connectivity index (χ1v) is 44.5. The van der Waals surface area contributed by atoms with E-state index in [2.05, 4.69) is 164 Å². The number of anilines is 5. The number of benzene rings is 1. The summed E-state index contributed by atoms with van der Waals surface area (Å²) in [5, 5.41) is 37.5. The number of para-hydroxylation sites is 1. The van der Waals surface area contributed by atoms with Crippen LogP contribution in [0.15, 0.2) is 66.8 Å². The Morgan fingerprint density at radius 2 is 0.902 bits per heavy atom. The van der Waals surface area contributed by atoms with Gasteiger partial charge in [-0.25, -0.2) is 48.6 Å². The second-order valence-corrected chi connectivity index (χ2v) is 33.4. The molecule has 2 atom stereocenters. The number of aromatic amines is 1. The number of aromatic nitrogens is 20. The molecule has 2 amide bonds. The van der Waals surface area contributed by atoms with Gasteiger partial charge in [0.1, 0.15) is 57.5 Å². The molecular weight excluding hydrogens is 1920 g/mol. The molecule has 758 valence electrons. The van der Waals surface area contributed by atoms with Crippen molar-refractivity contribution in [3.8, 4) is 89.4 Å². The van der Waals surface area contributed by atoms with Crippen molar-refractivity contribution in [2.24, 2.45) is 31.7 Å². The van der Waals surface area contributed by atoms with Crippen molar-refractivity contribution in [3.05, 3.63) is 112 Å². The van der Waals surface area contributed by atoms with Gasteiger partial charge in [-0.2, -0.15) is 61.9 Å². The molecule has 2 unspecified atom stereocenters. The number of hydrogen-bond acceptors (Lipinski definition) is 27. The van der Waals surface area contributed by atoms with Crippen LogP contribution < -0.4 is 62.8 Å². The van der Waals surface area contributed by atoms with Crippen molar-refractivity contribution in [1.29, 1.82) is 5.26 Å². The lowest BCUT2D eigenvalue weighted by molar-refractivity contribution is -0.193. The largest absolute Gasteiger partial charge is 0.490 e. The molecule has 10 aromatic heterocycles. The van der Waals surface area contributed by atoms with E-state index in [0.29, 0.717) is 132 Å². The van der Waals surface area contributed by atoms with E-state index in [1.54, 1.807) is 94.8 Å². The van der Waals surface area contributed by atoms with Gasteiger partial charge in [0.2, 0.25) is 35.4 Å². The van der Waals surface area contributed by atoms with E-state index >= 15 is 0 Å². The van der Waals surface area contributed by atoms with E-state index in [-0.39, 0.29) is 101 Å². The van der Waals surface area contributed by atoms with Crippen LogP contribution in [0.1, 0.15) is 131 Å². The summed E-state index contributed by atoms with van der Waals surface area (Å²) >= 11 is 0. The van der Waals surface area contributed by atoms with E-state index in [9.17, 15) is 59.9 Å². The fraction of sp³-hybridized carbons (Fsp3) is 0.473. The van der Waals surface area contributed by atoms with Crippen LogP contribution in [0, 0.1) is 101 Å². The number of nitriles is 1. The number of nitrogens with zero attached hydrogens (tertiary/aromatic N) is 27. The minimum absolute atomic E-state index is 0. The third-order valence-electron chi connectivity index (χ3n) is 22.2. The number of halogens is 8. The SMILES string of the molecule is C#CCn1ncc2nc(N3CCCCC3)n(CC#CC)c2c1=O.CC#CCn1c(N2CCC(C)C2)nc2nc(Oc3ccccc3C(N)=O)n(C)c(=O)c21.CC#CCn1c(N2CCCCC2)nc2cnn(CC#N)c(=O)c21.CC#CCn1c(N2CCN(C(=O)OC(C)(C)C)CC2)nc2cn[nH]c(=O)c21.Cl.Cl.O=C(O)C(F)(F)F.O=C(O)C(F)(F)F.[C-]#[N+]c1nc2nc(N3CCC(C)C3)n(CC#CC)c2c(=O)n1C. The van der Waals surface area contributed by atoms with E-state index in [0.717, 1.165) is 109 Å². The number of fused-ring (bicyclic) bond motifs is 5. The zero-order valence-electron chi connectivity index (χ0n) is 80.5. The first-order chi connectivity index (χ1) is 67.2. The van der Waals surface area contributed by atoms with Crippen molar-refractivity contribution < 1.29 is 65.2 Å². The van der Waals surface area contributed by atoms with Crippen LogP contribution in [0.5, 0.6) is 11.8 Å². The number of alkyl halides is 6. The second-order valence-electron chi connectivity index (χ2n) is 33.4. The highest BCUT2D eigenvalue weighted by Crippen LogP contribution is 2.33. The highest BCUT2D eigenvalue weighted by Gasteiger charge is 2.40. The molecule has 5 saturated heterocycles. The predicted molar refractivity (Wildman–Crippen MR) is 526 cm³/mol. The van der Waals surface area contributed by atoms with Crippen LogP contribution >= 0.6 is 24.8 Å². The third-order valence-corrected chi connectivity index (χ3v) is 22.2. The van der Waals surface area contributed by atoms with Gasteiger partial charge in [0.15, 0.2) is 16.7 Å². The number of imidazole rings is 5. The summed E-state index contributed by atoms with van der Waals surface area (Å²) in [4.78, 5) is 153. The number of terminal acetylenes is 1. The smallest absolute Gasteiger partial charge is 0.475 e. The number of carbonyl (C=O) groups excluding carboxylic acids is 2. The molecule has 0 radical (unpaired) electrons. The average molecular weight is 2020 g/mol. The summed E-state index contributed by atoms with van der Waals surface area (Å²) in [6.45, 7) is 37.5. The topological polar surface area (TPSA) is 475 Å². The number of nitrogens with two attached hydrogens (primary N) is 1. The maximum Gasteiger partial charge on any atom is 0.490 e. The van der Waals surface area contributed by atoms with Crippen molar-refractivity contribution in [2.75, 3.05) is 103 Å². The van der Waals surface area contributed by atoms with Gasteiger partial charge in [0.25, 0.3) is 28.1 Å². The standard InChI is InChI=1S/C22H24N6O3.C18H24N6O3.C17H19N5O.2C16H18N6O.2C2HF3O2.2ClH/c1-4-5-11-28-17-19(24-21(28)27-12-10-14(2)13-27)25-22(26(3)20(17)30)31-16-9-7-6-8-15(16)18(23)29;1-5-6-7-24-14-13(12-19-21-15(14)25)20-16(24)22-8-10-23(11-9-22)17(26)27-18(2,3)4;1-3-5-12-21-15-14(13-18-22(9-4-2)16(15)23)19-17(21)20-10-7-6-8-11-20;1-5-6-8-22-12-13(18-15(17-3)20(4)14(12)23)19-16(22)21-9-7-11(2)10-21;1-2-3-10-21-14-13(12-18-22(11-7-17)15(14)23)19-16(21)20-8-5-4-6-9-20;2*3-2(4,5)1(6)7;;/h6-9,14H,10-13H2,1-3H3,(H2,23,29);12H,7-11H2,1-4H3,(H,21,25);2,13H,6-12H2,1H3;11H,7-10H2,1-2,4H3;12H,4-6,8-11H2,1H3;2*(H,6,7);2*1H. The van der Waals surface area contributed by atoms with E-state index in [4.69, 9.17) is 53.3 Å². The maximum absolute atomic E-state index is 13.3. The highest BCUT2D eigenvalue weighted by molar-refractivity contribution is 5.95. The van der Waals surface area contributed by atoms with Gasteiger partial charge >= 0.3 is 47.9 Å². The molecule has 50 heteroatoms. The predicted octanol–water partition coefficient (Wildman–Crippen LogP) is 9.12. The first kappa shape index (κ1) is 112. The molecule has 16 rings (SSSR count). The summed E-state index contributed by atoms with van der Waals surface area (Å²) < 4.78 is 89.0. The maximum atomic E-state index is 13.3. The zero-order valence-corrected chi connectivity index (χ0v) is 82.1. The number of amides is 2. The molecule has 42 nitrogen and oxygen atoms in total. The lowest BCUT2D eigenvalue weighted by Crippen LogP contribution is -2.50. The van der Waals surface area contributed by atoms with Crippen molar-refractivity contribution in [3.63, 3.8) is 0 Å². The number of carboxylic acids is 2. The van der Waals surface area contributed by atoms with E-state index < -0.39 is 35.8 Å². The zero-order chi connectivity index (χ0) is 103. The fourth-order valence-corrected chi connectivity index (χ4v) is 15.4. The number of rotatable bonds is 15. The number of piperidine rings is 2. The Balaban J connectivity index is 0.000000211. The molecule has 1 aromatic carbocycles. The number of ether oxygens (including phenoxy) is 2. The van der Waals surface area contributed by atoms with Crippen molar-refractivity contribution >= 4 is 140 Å². The number of carbonyl (C=O) groups is 4. The molecule has 15 heterocycles. The molecule has 5 fully saturated rings. The third kappa shape index (κ3) is 27.8. The van der Waals surface area contributed by atoms with Gasteiger partial charge in [0.05, 0.1) is 62.9 Å².